The lowest BCUT2D eigenvalue weighted by molar-refractivity contribution is 0.287. The molecule has 0 aliphatic heterocycles. The maximum Gasteiger partial charge on any atom is 0.180 e. The molecule has 6 heteroatoms. The van der Waals surface area contributed by atoms with Gasteiger partial charge in [-0.3, -0.25) is 0 Å². The van der Waals surface area contributed by atoms with Crippen molar-refractivity contribution in [2.75, 3.05) is 7.11 Å². The van der Waals surface area contributed by atoms with Gasteiger partial charge < -0.3 is 15.2 Å². The molecule has 1 atom stereocenters. The monoisotopic (exact) mass is 389 g/mol. The van der Waals surface area contributed by atoms with Crippen LogP contribution in [-0.2, 0) is 13.0 Å². The standard InChI is InChI=1S/C15H17BrClNO2S/c1-9(18)5-10-6-12(17)15(13(7-10)19-2)20-8-14-11(16)3-4-21-14/h3-4,6-7,9H,5,8,18H2,1-2H3. The van der Waals surface area contributed by atoms with Crippen molar-refractivity contribution in [1.29, 1.82) is 0 Å². The second-order valence-electron chi connectivity index (χ2n) is 4.77. The number of hydrogen-bond donors (Lipinski definition) is 1. The summed E-state index contributed by atoms with van der Waals surface area (Å²) >= 11 is 11.4. The fourth-order valence-electron chi connectivity index (χ4n) is 1.97. The SMILES string of the molecule is COc1cc(CC(C)N)cc(Cl)c1OCc1sccc1Br. The Bertz CT molecular complexity index is 616. The van der Waals surface area contributed by atoms with Crippen LogP contribution in [0.4, 0.5) is 0 Å². The van der Waals surface area contributed by atoms with Gasteiger partial charge in [0.1, 0.15) is 6.61 Å². The first-order valence-electron chi connectivity index (χ1n) is 6.48. The zero-order valence-electron chi connectivity index (χ0n) is 11.9. The van der Waals surface area contributed by atoms with Crippen LogP contribution in [0.3, 0.4) is 0 Å². The largest absolute Gasteiger partial charge is 0.493 e. The molecule has 0 saturated carbocycles. The van der Waals surface area contributed by atoms with Crippen molar-refractivity contribution in [2.45, 2.75) is 26.0 Å². The van der Waals surface area contributed by atoms with E-state index in [1.54, 1.807) is 18.4 Å². The van der Waals surface area contributed by atoms with Gasteiger partial charge in [-0.05, 0) is 58.4 Å². The Kier molecular flexibility index (Phi) is 5.93. The maximum atomic E-state index is 6.32. The van der Waals surface area contributed by atoms with Crippen molar-refractivity contribution < 1.29 is 9.47 Å². The molecule has 114 valence electrons. The van der Waals surface area contributed by atoms with Gasteiger partial charge in [0, 0.05) is 10.5 Å². The highest BCUT2D eigenvalue weighted by atomic mass is 79.9. The zero-order valence-corrected chi connectivity index (χ0v) is 15.0. The van der Waals surface area contributed by atoms with Crippen LogP contribution < -0.4 is 15.2 Å². The summed E-state index contributed by atoms with van der Waals surface area (Å²) < 4.78 is 12.3. The number of thiophene rings is 1. The molecule has 2 aromatic rings. The molecule has 2 rings (SSSR count). The highest BCUT2D eigenvalue weighted by Crippen LogP contribution is 2.38. The van der Waals surface area contributed by atoms with E-state index < -0.39 is 0 Å². The molecule has 3 nitrogen and oxygen atoms in total. The quantitative estimate of drug-likeness (QED) is 0.781. The van der Waals surface area contributed by atoms with Gasteiger partial charge in [-0.15, -0.1) is 11.3 Å². The topological polar surface area (TPSA) is 44.5 Å². The van der Waals surface area contributed by atoms with E-state index in [-0.39, 0.29) is 6.04 Å². The zero-order chi connectivity index (χ0) is 15.4. The fraction of sp³-hybridized carbons (Fsp3) is 0.333. The summed E-state index contributed by atoms with van der Waals surface area (Å²) in [5.74, 6) is 1.19. The van der Waals surface area contributed by atoms with Crippen LogP contribution in [0.1, 0.15) is 17.4 Å². The predicted octanol–water partition coefficient (Wildman–Crippen LogP) is 4.64. The molecule has 0 radical (unpaired) electrons. The van der Waals surface area contributed by atoms with Gasteiger partial charge in [0.15, 0.2) is 11.5 Å². The summed E-state index contributed by atoms with van der Waals surface area (Å²) in [5.41, 5.74) is 6.86. The molecule has 1 unspecified atom stereocenters. The van der Waals surface area contributed by atoms with Gasteiger partial charge in [0.25, 0.3) is 0 Å². The predicted molar refractivity (Wildman–Crippen MR) is 91.7 cm³/mol. The third-order valence-corrected chi connectivity index (χ3v) is 5.07. The number of halogens is 2. The van der Waals surface area contributed by atoms with Crippen LogP contribution in [0.2, 0.25) is 5.02 Å². The number of nitrogens with two attached hydrogens (primary N) is 1. The maximum absolute atomic E-state index is 6.32. The lowest BCUT2D eigenvalue weighted by Crippen LogP contribution is -2.17. The van der Waals surface area contributed by atoms with Crippen molar-refractivity contribution in [3.05, 3.63) is 43.5 Å². The highest BCUT2D eigenvalue weighted by Gasteiger charge is 2.14. The fourth-order valence-corrected chi connectivity index (χ4v) is 3.63. The molecule has 1 heterocycles. The average Bonchev–Trinajstić information content (AvgIpc) is 2.82. The molecule has 2 N–H and O–H groups in total. The van der Waals surface area contributed by atoms with E-state index in [1.807, 2.05) is 30.5 Å². The molecule has 0 aliphatic carbocycles. The van der Waals surface area contributed by atoms with Gasteiger partial charge >= 0.3 is 0 Å². The Labute approximate surface area is 142 Å². The van der Waals surface area contributed by atoms with Crippen LogP contribution in [0.25, 0.3) is 0 Å². The second-order valence-corrected chi connectivity index (χ2v) is 7.03. The summed E-state index contributed by atoms with van der Waals surface area (Å²) in [7, 11) is 1.61. The Balaban J connectivity index is 2.20. The number of hydrogen-bond acceptors (Lipinski definition) is 4. The van der Waals surface area contributed by atoms with Crippen LogP contribution in [-0.4, -0.2) is 13.2 Å². The minimum absolute atomic E-state index is 0.0691. The molecule has 0 aliphatic rings. The minimum atomic E-state index is 0.0691. The van der Waals surface area contributed by atoms with E-state index in [0.717, 1.165) is 21.3 Å². The molecule has 1 aromatic carbocycles. The van der Waals surface area contributed by atoms with Gasteiger partial charge in [-0.2, -0.15) is 0 Å². The van der Waals surface area contributed by atoms with Crippen LogP contribution >= 0.6 is 38.9 Å². The van der Waals surface area contributed by atoms with Crippen LogP contribution in [0, 0.1) is 0 Å². The molecule has 0 saturated heterocycles. The molecule has 0 bridgehead atoms. The second kappa shape index (κ2) is 7.49. The van der Waals surface area contributed by atoms with E-state index in [0.29, 0.717) is 23.1 Å². The van der Waals surface area contributed by atoms with Crippen molar-refractivity contribution >= 4 is 38.9 Å². The van der Waals surface area contributed by atoms with E-state index in [9.17, 15) is 0 Å². The minimum Gasteiger partial charge on any atom is -0.493 e. The molecule has 0 amide bonds. The van der Waals surface area contributed by atoms with E-state index in [4.69, 9.17) is 26.8 Å². The normalized spacial score (nSPS) is 12.2. The molecular formula is C15H17BrClNO2S. The Hall–Kier alpha value is -0.750. The summed E-state index contributed by atoms with van der Waals surface area (Å²) in [4.78, 5) is 1.10. The highest BCUT2D eigenvalue weighted by molar-refractivity contribution is 9.10. The Morgan fingerprint density at radius 1 is 1.43 bits per heavy atom. The molecular weight excluding hydrogens is 374 g/mol. The number of methoxy groups -OCH3 is 1. The third-order valence-electron chi connectivity index (χ3n) is 2.89. The first-order valence-corrected chi connectivity index (χ1v) is 8.53. The van der Waals surface area contributed by atoms with Crippen molar-refractivity contribution in [3.63, 3.8) is 0 Å². The van der Waals surface area contributed by atoms with Gasteiger partial charge in [-0.25, -0.2) is 0 Å². The van der Waals surface area contributed by atoms with Crippen LogP contribution in [0.5, 0.6) is 11.5 Å². The number of ether oxygens (including phenoxy) is 2. The van der Waals surface area contributed by atoms with Crippen molar-refractivity contribution in [3.8, 4) is 11.5 Å². The first kappa shape index (κ1) is 16.6. The number of benzene rings is 1. The molecule has 1 aromatic heterocycles. The smallest absolute Gasteiger partial charge is 0.180 e. The summed E-state index contributed by atoms with van der Waals surface area (Å²) in [6, 6.07) is 5.87. The molecule has 0 fully saturated rings. The van der Waals surface area contributed by atoms with E-state index in [2.05, 4.69) is 15.9 Å². The van der Waals surface area contributed by atoms with E-state index in [1.165, 1.54) is 0 Å². The summed E-state index contributed by atoms with van der Waals surface area (Å²) in [5, 5.41) is 2.55. The average molecular weight is 391 g/mol. The third kappa shape index (κ3) is 4.36. The summed E-state index contributed by atoms with van der Waals surface area (Å²) in [6.07, 6.45) is 0.743. The Morgan fingerprint density at radius 2 is 2.19 bits per heavy atom. The number of rotatable bonds is 6. The van der Waals surface area contributed by atoms with Gasteiger partial charge in [0.05, 0.1) is 17.0 Å². The molecule has 21 heavy (non-hydrogen) atoms. The van der Waals surface area contributed by atoms with Gasteiger partial charge in [0.2, 0.25) is 0 Å². The van der Waals surface area contributed by atoms with E-state index >= 15 is 0 Å². The van der Waals surface area contributed by atoms with Crippen LogP contribution in [0.15, 0.2) is 28.1 Å². The summed E-state index contributed by atoms with van der Waals surface area (Å²) in [6.45, 7) is 2.40. The first-order chi connectivity index (χ1) is 10.0. The molecule has 0 spiro atoms. The van der Waals surface area contributed by atoms with Crippen molar-refractivity contribution in [1.82, 2.24) is 0 Å². The Morgan fingerprint density at radius 3 is 2.76 bits per heavy atom. The van der Waals surface area contributed by atoms with Crippen molar-refractivity contribution in [2.24, 2.45) is 5.73 Å². The van der Waals surface area contributed by atoms with Gasteiger partial charge in [-0.1, -0.05) is 11.6 Å². The lowest BCUT2D eigenvalue weighted by atomic mass is 10.1. The lowest BCUT2D eigenvalue weighted by Gasteiger charge is -2.15.